The van der Waals surface area contributed by atoms with Gasteiger partial charge in [-0.3, -0.25) is 0 Å². The first-order valence-corrected chi connectivity index (χ1v) is 8.67. The van der Waals surface area contributed by atoms with Crippen molar-refractivity contribution in [3.8, 4) is 0 Å². The van der Waals surface area contributed by atoms with Crippen molar-refractivity contribution in [2.24, 2.45) is 0 Å². The maximum absolute atomic E-state index is 12.5. The van der Waals surface area contributed by atoms with E-state index in [0.717, 1.165) is 4.90 Å². The molecule has 0 fully saturated rings. The van der Waals surface area contributed by atoms with Gasteiger partial charge in [-0.2, -0.15) is 0 Å². The molecule has 1 aromatic rings. The van der Waals surface area contributed by atoms with E-state index in [1.807, 2.05) is 0 Å². The van der Waals surface area contributed by atoms with Crippen molar-refractivity contribution in [2.45, 2.75) is 26.8 Å². The number of benzene rings is 1. The van der Waals surface area contributed by atoms with Gasteiger partial charge in [-0.15, -0.1) is 0 Å². The van der Waals surface area contributed by atoms with Crippen LogP contribution in [-0.4, -0.2) is 36.2 Å². The standard InChI is InChI=1S/C17H18Cl2N2O5/c1-4-25-15(22)12-9(3)20-16(23)21(17(24)26-5-2)14(12)10-7-6-8-11(18)13(10)19/h6-8,14H,4-5H2,1-3H3,(H,20,23). The lowest BCUT2D eigenvalue weighted by Gasteiger charge is -2.35. The van der Waals surface area contributed by atoms with Gasteiger partial charge in [0.25, 0.3) is 0 Å². The monoisotopic (exact) mass is 400 g/mol. The quantitative estimate of drug-likeness (QED) is 0.770. The second-order valence-electron chi connectivity index (χ2n) is 5.30. The fraction of sp³-hybridized carbons (Fsp3) is 0.353. The van der Waals surface area contributed by atoms with Crippen LogP contribution in [-0.2, 0) is 14.3 Å². The van der Waals surface area contributed by atoms with Crippen LogP contribution in [0.2, 0.25) is 10.0 Å². The number of hydrogen-bond donors (Lipinski definition) is 1. The van der Waals surface area contributed by atoms with Crippen molar-refractivity contribution in [3.63, 3.8) is 0 Å². The smallest absolute Gasteiger partial charge is 0.418 e. The highest BCUT2D eigenvalue weighted by Gasteiger charge is 2.43. The Morgan fingerprint density at radius 1 is 1.19 bits per heavy atom. The summed E-state index contributed by atoms with van der Waals surface area (Å²) in [6, 6.07) is 2.88. The van der Waals surface area contributed by atoms with E-state index < -0.39 is 24.1 Å². The van der Waals surface area contributed by atoms with E-state index in [4.69, 9.17) is 32.7 Å². The minimum absolute atomic E-state index is 0.0516. The van der Waals surface area contributed by atoms with Gasteiger partial charge in [0.15, 0.2) is 0 Å². The number of urea groups is 1. The molecule has 7 nitrogen and oxygen atoms in total. The summed E-state index contributed by atoms with van der Waals surface area (Å²) in [7, 11) is 0. The molecule has 9 heteroatoms. The van der Waals surface area contributed by atoms with E-state index in [1.54, 1.807) is 32.0 Å². The SMILES string of the molecule is CCOC(=O)C1=C(C)NC(=O)N(C(=O)OCC)C1c1cccc(Cl)c1Cl. The highest BCUT2D eigenvalue weighted by Crippen LogP contribution is 2.40. The lowest BCUT2D eigenvalue weighted by molar-refractivity contribution is -0.139. The number of halogens is 2. The van der Waals surface area contributed by atoms with E-state index in [0.29, 0.717) is 5.56 Å². The van der Waals surface area contributed by atoms with Crippen molar-refractivity contribution >= 4 is 41.3 Å². The Balaban J connectivity index is 2.69. The molecular weight excluding hydrogens is 383 g/mol. The minimum Gasteiger partial charge on any atom is -0.463 e. The molecule has 140 valence electrons. The third-order valence-corrected chi connectivity index (χ3v) is 4.52. The molecule has 1 atom stereocenters. The molecule has 1 aliphatic rings. The number of carbonyl (C=O) groups excluding carboxylic acids is 3. The zero-order valence-corrected chi connectivity index (χ0v) is 16.0. The van der Waals surface area contributed by atoms with E-state index in [1.165, 1.54) is 6.92 Å². The molecule has 1 aromatic carbocycles. The summed E-state index contributed by atoms with van der Waals surface area (Å²) < 4.78 is 10.1. The Labute approximate surface area is 160 Å². The molecule has 1 heterocycles. The Morgan fingerprint density at radius 3 is 2.46 bits per heavy atom. The summed E-state index contributed by atoms with van der Waals surface area (Å²) in [5.74, 6) is -0.680. The third kappa shape index (κ3) is 3.78. The highest BCUT2D eigenvalue weighted by atomic mass is 35.5. The molecular formula is C17H18Cl2N2O5. The average molecular weight is 401 g/mol. The summed E-state index contributed by atoms with van der Waals surface area (Å²) in [4.78, 5) is 38.2. The summed E-state index contributed by atoms with van der Waals surface area (Å²) in [6.45, 7) is 4.97. The van der Waals surface area contributed by atoms with Gasteiger partial charge >= 0.3 is 18.1 Å². The van der Waals surface area contributed by atoms with Gasteiger partial charge in [0.05, 0.1) is 28.8 Å². The number of esters is 1. The zero-order chi connectivity index (χ0) is 19.4. The maximum Gasteiger partial charge on any atom is 0.418 e. The molecule has 0 saturated carbocycles. The number of nitrogens with zero attached hydrogens (tertiary/aromatic N) is 1. The van der Waals surface area contributed by atoms with Gasteiger partial charge in [0.2, 0.25) is 0 Å². The predicted octanol–water partition coefficient (Wildman–Crippen LogP) is 4.05. The second kappa shape index (κ2) is 8.42. The molecule has 0 aliphatic carbocycles. The Kier molecular flexibility index (Phi) is 6.50. The van der Waals surface area contributed by atoms with Crippen LogP contribution in [0.1, 0.15) is 32.4 Å². The Bertz CT molecular complexity index is 778. The Hall–Kier alpha value is -2.25. The predicted molar refractivity (Wildman–Crippen MR) is 95.9 cm³/mol. The molecule has 0 radical (unpaired) electrons. The zero-order valence-electron chi connectivity index (χ0n) is 14.5. The second-order valence-corrected chi connectivity index (χ2v) is 6.09. The van der Waals surface area contributed by atoms with Crippen LogP contribution in [0.4, 0.5) is 9.59 Å². The topological polar surface area (TPSA) is 84.9 Å². The summed E-state index contributed by atoms with van der Waals surface area (Å²) >= 11 is 12.4. The number of allylic oxidation sites excluding steroid dienone is 1. The van der Waals surface area contributed by atoms with Crippen LogP contribution in [0.25, 0.3) is 0 Å². The van der Waals surface area contributed by atoms with E-state index >= 15 is 0 Å². The maximum atomic E-state index is 12.5. The van der Waals surface area contributed by atoms with Gasteiger partial charge in [0.1, 0.15) is 6.04 Å². The van der Waals surface area contributed by atoms with Crippen LogP contribution in [0, 0.1) is 0 Å². The molecule has 1 N–H and O–H groups in total. The van der Waals surface area contributed by atoms with Gasteiger partial charge in [-0.25, -0.2) is 19.3 Å². The summed E-state index contributed by atoms with van der Waals surface area (Å²) in [5.41, 5.74) is 0.642. The minimum atomic E-state index is -1.13. The number of ether oxygens (including phenoxy) is 2. The van der Waals surface area contributed by atoms with Crippen LogP contribution in [0.3, 0.4) is 0 Å². The van der Waals surface area contributed by atoms with Crippen molar-refractivity contribution in [1.29, 1.82) is 0 Å². The molecule has 0 bridgehead atoms. The number of carbonyl (C=O) groups is 3. The lowest BCUT2D eigenvalue weighted by atomic mass is 9.94. The van der Waals surface area contributed by atoms with Crippen molar-refractivity contribution in [2.75, 3.05) is 13.2 Å². The molecule has 1 unspecified atom stereocenters. The number of amides is 3. The first-order chi connectivity index (χ1) is 12.3. The van der Waals surface area contributed by atoms with Crippen LogP contribution >= 0.6 is 23.2 Å². The van der Waals surface area contributed by atoms with Crippen molar-refractivity contribution in [3.05, 3.63) is 45.1 Å². The third-order valence-electron chi connectivity index (χ3n) is 3.68. The highest BCUT2D eigenvalue weighted by molar-refractivity contribution is 6.42. The van der Waals surface area contributed by atoms with Gasteiger partial charge in [-0.1, -0.05) is 35.3 Å². The molecule has 0 aromatic heterocycles. The summed E-state index contributed by atoms with van der Waals surface area (Å²) in [6.07, 6.45) is -0.916. The molecule has 2 rings (SSSR count). The molecule has 0 saturated heterocycles. The normalized spacial score (nSPS) is 17.0. The molecule has 3 amide bonds. The molecule has 26 heavy (non-hydrogen) atoms. The number of nitrogens with one attached hydrogen (secondary N) is 1. The van der Waals surface area contributed by atoms with E-state index in [-0.39, 0.29) is 34.5 Å². The van der Waals surface area contributed by atoms with Crippen LogP contribution in [0.15, 0.2) is 29.5 Å². The van der Waals surface area contributed by atoms with Gasteiger partial charge in [0, 0.05) is 11.3 Å². The fourth-order valence-corrected chi connectivity index (χ4v) is 3.03. The number of rotatable bonds is 4. The number of imide groups is 1. The first kappa shape index (κ1) is 20.1. The van der Waals surface area contributed by atoms with Crippen molar-refractivity contribution < 1.29 is 23.9 Å². The van der Waals surface area contributed by atoms with E-state index in [9.17, 15) is 14.4 Å². The first-order valence-electron chi connectivity index (χ1n) is 7.92. The lowest BCUT2D eigenvalue weighted by Crippen LogP contribution is -2.51. The summed E-state index contributed by atoms with van der Waals surface area (Å²) in [5, 5.41) is 2.83. The molecule has 1 aliphatic heterocycles. The van der Waals surface area contributed by atoms with Gasteiger partial charge in [-0.05, 0) is 26.8 Å². The van der Waals surface area contributed by atoms with Crippen LogP contribution in [0.5, 0.6) is 0 Å². The number of hydrogen-bond acceptors (Lipinski definition) is 5. The van der Waals surface area contributed by atoms with E-state index in [2.05, 4.69) is 5.32 Å². The largest absolute Gasteiger partial charge is 0.463 e. The van der Waals surface area contributed by atoms with Crippen molar-refractivity contribution in [1.82, 2.24) is 10.2 Å². The van der Waals surface area contributed by atoms with Gasteiger partial charge < -0.3 is 14.8 Å². The Morgan fingerprint density at radius 2 is 1.85 bits per heavy atom. The van der Waals surface area contributed by atoms with Crippen LogP contribution < -0.4 is 5.32 Å². The molecule has 0 spiro atoms. The fourth-order valence-electron chi connectivity index (χ4n) is 2.62. The average Bonchev–Trinajstić information content (AvgIpc) is 2.57.